The molecule has 26 heavy (non-hydrogen) atoms. The van der Waals surface area contributed by atoms with Gasteiger partial charge in [0.25, 0.3) is 0 Å². The van der Waals surface area contributed by atoms with Gasteiger partial charge in [-0.25, -0.2) is 9.97 Å². The molecule has 1 aliphatic heterocycles. The molecule has 1 aromatic heterocycles. The van der Waals surface area contributed by atoms with E-state index in [9.17, 15) is 0 Å². The lowest BCUT2D eigenvalue weighted by Crippen LogP contribution is -2.33. The summed E-state index contributed by atoms with van der Waals surface area (Å²) in [5.74, 6) is 4.21. The molecule has 0 aliphatic carbocycles. The highest BCUT2D eigenvalue weighted by Crippen LogP contribution is 2.30. The SMILES string of the molecule is CC(C)(C)c1ccc(-c2nc(N3CCSCC3)c3ccccc3n2)cc1. The Morgan fingerprint density at radius 2 is 1.58 bits per heavy atom. The maximum atomic E-state index is 4.99. The second kappa shape index (κ2) is 6.92. The Labute approximate surface area is 159 Å². The number of nitrogens with zero attached hydrogens (tertiary/aromatic N) is 3. The molecule has 0 spiro atoms. The maximum absolute atomic E-state index is 4.99. The van der Waals surface area contributed by atoms with Crippen molar-refractivity contribution in [2.24, 2.45) is 0 Å². The summed E-state index contributed by atoms with van der Waals surface area (Å²) < 4.78 is 0. The van der Waals surface area contributed by atoms with Gasteiger partial charge in [0.2, 0.25) is 0 Å². The van der Waals surface area contributed by atoms with Crippen molar-refractivity contribution >= 4 is 28.5 Å². The molecule has 3 aromatic rings. The molecule has 4 rings (SSSR count). The van der Waals surface area contributed by atoms with E-state index in [1.54, 1.807) is 0 Å². The Kier molecular flexibility index (Phi) is 4.62. The lowest BCUT2D eigenvalue weighted by molar-refractivity contribution is 0.590. The number of anilines is 1. The van der Waals surface area contributed by atoms with Crippen molar-refractivity contribution in [2.45, 2.75) is 26.2 Å². The minimum atomic E-state index is 0.152. The topological polar surface area (TPSA) is 29.0 Å². The first-order chi connectivity index (χ1) is 12.5. The van der Waals surface area contributed by atoms with Crippen LogP contribution in [-0.2, 0) is 5.41 Å². The Morgan fingerprint density at radius 3 is 2.27 bits per heavy atom. The zero-order valence-corrected chi connectivity index (χ0v) is 16.5. The van der Waals surface area contributed by atoms with Crippen LogP contribution in [-0.4, -0.2) is 34.6 Å². The molecule has 1 aliphatic rings. The fourth-order valence-electron chi connectivity index (χ4n) is 3.32. The van der Waals surface area contributed by atoms with Crippen LogP contribution >= 0.6 is 11.8 Å². The van der Waals surface area contributed by atoms with Crippen molar-refractivity contribution in [3.8, 4) is 11.4 Å². The predicted molar refractivity (Wildman–Crippen MR) is 113 cm³/mol. The molecule has 0 N–H and O–H groups in total. The lowest BCUT2D eigenvalue weighted by atomic mass is 9.87. The zero-order chi connectivity index (χ0) is 18.1. The average molecular weight is 364 g/mol. The van der Waals surface area contributed by atoms with Crippen molar-refractivity contribution in [3.63, 3.8) is 0 Å². The number of aromatic nitrogens is 2. The van der Waals surface area contributed by atoms with Gasteiger partial charge in [-0.2, -0.15) is 11.8 Å². The molecule has 2 heterocycles. The molecular formula is C22H25N3S. The van der Waals surface area contributed by atoms with Crippen LogP contribution in [0.1, 0.15) is 26.3 Å². The molecule has 0 atom stereocenters. The molecule has 0 amide bonds. The van der Waals surface area contributed by atoms with Gasteiger partial charge in [0.15, 0.2) is 5.82 Å². The summed E-state index contributed by atoms with van der Waals surface area (Å²) >= 11 is 2.02. The quantitative estimate of drug-likeness (QED) is 0.630. The number of fused-ring (bicyclic) bond motifs is 1. The highest BCUT2D eigenvalue weighted by molar-refractivity contribution is 7.99. The standard InChI is InChI=1S/C22H25N3S/c1-22(2,3)17-10-8-16(9-11-17)20-23-19-7-5-4-6-18(19)21(24-20)25-12-14-26-15-13-25/h4-11H,12-15H2,1-3H3. The van der Waals surface area contributed by atoms with E-state index in [-0.39, 0.29) is 5.41 Å². The number of benzene rings is 2. The summed E-state index contributed by atoms with van der Waals surface area (Å²) in [5.41, 5.74) is 3.58. The van der Waals surface area contributed by atoms with Crippen LogP contribution in [0.5, 0.6) is 0 Å². The Balaban J connectivity index is 1.80. The number of para-hydroxylation sites is 1. The van der Waals surface area contributed by atoms with Crippen LogP contribution in [0.4, 0.5) is 5.82 Å². The number of rotatable bonds is 2. The lowest BCUT2D eigenvalue weighted by Gasteiger charge is -2.28. The molecular weight excluding hydrogens is 338 g/mol. The van der Waals surface area contributed by atoms with Gasteiger partial charge in [0, 0.05) is 35.5 Å². The van der Waals surface area contributed by atoms with Gasteiger partial charge in [0.05, 0.1) is 5.52 Å². The summed E-state index contributed by atoms with van der Waals surface area (Å²) in [7, 11) is 0. The van der Waals surface area contributed by atoms with Gasteiger partial charge in [-0.05, 0) is 23.1 Å². The number of hydrogen-bond acceptors (Lipinski definition) is 4. The Bertz CT molecular complexity index is 907. The van der Waals surface area contributed by atoms with Gasteiger partial charge in [-0.15, -0.1) is 0 Å². The number of thioether (sulfide) groups is 1. The van der Waals surface area contributed by atoms with Crippen LogP contribution in [0, 0.1) is 0 Å². The summed E-state index contributed by atoms with van der Waals surface area (Å²) in [6, 6.07) is 17.1. The molecule has 1 saturated heterocycles. The van der Waals surface area contributed by atoms with E-state index in [0.29, 0.717) is 0 Å². The average Bonchev–Trinajstić information content (AvgIpc) is 2.67. The van der Waals surface area contributed by atoms with Gasteiger partial charge in [-0.1, -0.05) is 57.2 Å². The largest absolute Gasteiger partial charge is 0.354 e. The van der Waals surface area contributed by atoms with Crippen LogP contribution in [0.15, 0.2) is 48.5 Å². The van der Waals surface area contributed by atoms with E-state index >= 15 is 0 Å². The predicted octanol–water partition coefficient (Wildman–Crippen LogP) is 5.15. The second-order valence-corrected chi connectivity index (χ2v) is 9.04. The summed E-state index contributed by atoms with van der Waals surface area (Å²) in [4.78, 5) is 12.3. The first-order valence-electron chi connectivity index (χ1n) is 9.23. The highest BCUT2D eigenvalue weighted by Gasteiger charge is 2.18. The first-order valence-corrected chi connectivity index (χ1v) is 10.4. The smallest absolute Gasteiger partial charge is 0.162 e. The van der Waals surface area contributed by atoms with Crippen molar-refractivity contribution in [3.05, 3.63) is 54.1 Å². The molecule has 0 unspecified atom stereocenters. The molecule has 2 aromatic carbocycles. The molecule has 4 heteroatoms. The molecule has 134 valence electrons. The van der Waals surface area contributed by atoms with Crippen LogP contribution in [0.25, 0.3) is 22.3 Å². The van der Waals surface area contributed by atoms with Crippen molar-refractivity contribution < 1.29 is 0 Å². The Hall–Kier alpha value is -2.07. The van der Waals surface area contributed by atoms with Gasteiger partial charge < -0.3 is 4.90 Å². The zero-order valence-electron chi connectivity index (χ0n) is 15.7. The van der Waals surface area contributed by atoms with E-state index in [0.717, 1.165) is 52.7 Å². The van der Waals surface area contributed by atoms with Gasteiger partial charge in [-0.3, -0.25) is 0 Å². The first kappa shape index (κ1) is 17.3. The number of hydrogen-bond donors (Lipinski definition) is 0. The summed E-state index contributed by atoms with van der Waals surface area (Å²) in [5, 5.41) is 1.15. The third-order valence-electron chi connectivity index (χ3n) is 4.90. The molecule has 0 saturated carbocycles. The monoisotopic (exact) mass is 363 g/mol. The van der Waals surface area contributed by atoms with Gasteiger partial charge in [0.1, 0.15) is 5.82 Å². The Morgan fingerprint density at radius 1 is 0.885 bits per heavy atom. The van der Waals surface area contributed by atoms with E-state index < -0.39 is 0 Å². The van der Waals surface area contributed by atoms with E-state index in [4.69, 9.17) is 9.97 Å². The van der Waals surface area contributed by atoms with Crippen LogP contribution < -0.4 is 4.90 Å². The van der Waals surface area contributed by atoms with E-state index in [1.807, 2.05) is 11.8 Å². The molecule has 0 bridgehead atoms. The third-order valence-corrected chi connectivity index (χ3v) is 5.85. The minimum absolute atomic E-state index is 0.152. The van der Waals surface area contributed by atoms with Crippen molar-refractivity contribution in [2.75, 3.05) is 29.5 Å². The molecule has 0 radical (unpaired) electrons. The summed E-state index contributed by atoms with van der Waals surface area (Å²) in [6.07, 6.45) is 0. The minimum Gasteiger partial charge on any atom is -0.354 e. The molecule has 3 nitrogen and oxygen atoms in total. The third kappa shape index (κ3) is 3.43. The highest BCUT2D eigenvalue weighted by atomic mass is 32.2. The van der Waals surface area contributed by atoms with Crippen LogP contribution in [0.2, 0.25) is 0 Å². The van der Waals surface area contributed by atoms with E-state index in [1.165, 1.54) is 5.56 Å². The van der Waals surface area contributed by atoms with E-state index in [2.05, 4.69) is 74.2 Å². The molecule has 1 fully saturated rings. The summed E-state index contributed by atoms with van der Waals surface area (Å²) in [6.45, 7) is 8.81. The van der Waals surface area contributed by atoms with Gasteiger partial charge >= 0.3 is 0 Å². The van der Waals surface area contributed by atoms with Crippen molar-refractivity contribution in [1.29, 1.82) is 0 Å². The fraction of sp³-hybridized carbons (Fsp3) is 0.364. The fourth-order valence-corrected chi connectivity index (χ4v) is 4.23. The maximum Gasteiger partial charge on any atom is 0.162 e. The van der Waals surface area contributed by atoms with Crippen LogP contribution in [0.3, 0.4) is 0 Å². The van der Waals surface area contributed by atoms with Crippen molar-refractivity contribution in [1.82, 2.24) is 9.97 Å². The normalized spacial score (nSPS) is 15.4. The second-order valence-electron chi connectivity index (χ2n) is 7.81.